The van der Waals surface area contributed by atoms with Gasteiger partial charge in [-0.2, -0.15) is 5.10 Å². The number of aliphatic hydroxyl groups excluding tert-OH is 2. The first-order valence-corrected chi connectivity index (χ1v) is 4.49. The predicted octanol–water partition coefficient (Wildman–Crippen LogP) is -0.324. The minimum absolute atomic E-state index is 0.248. The molecule has 1 rings (SSSR count). The first-order chi connectivity index (χ1) is 7.06. The molecule has 15 heavy (non-hydrogen) atoms. The zero-order valence-corrected chi connectivity index (χ0v) is 8.60. The summed E-state index contributed by atoms with van der Waals surface area (Å²) in [6.45, 7) is 1.72. The average Bonchev–Trinajstić information content (AvgIpc) is 2.63. The summed E-state index contributed by atoms with van der Waals surface area (Å²) in [6, 6.07) is 0. The number of ether oxygens (including phenoxy) is 1. The molecule has 1 heterocycles. The Bertz CT molecular complexity index is 337. The summed E-state index contributed by atoms with van der Waals surface area (Å²) >= 11 is 0. The van der Waals surface area contributed by atoms with E-state index >= 15 is 0 Å². The van der Waals surface area contributed by atoms with Crippen LogP contribution < -0.4 is 0 Å². The van der Waals surface area contributed by atoms with Crippen molar-refractivity contribution in [2.75, 3.05) is 7.11 Å². The smallest absolute Gasteiger partial charge is 0.308 e. The van der Waals surface area contributed by atoms with E-state index in [9.17, 15) is 15.0 Å². The summed E-state index contributed by atoms with van der Waals surface area (Å²) < 4.78 is 4.39. The van der Waals surface area contributed by atoms with Gasteiger partial charge in [-0.25, -0.2) is 0 Å². The highest BCUT2D eigenvalue weighted by Crippen LogP contribution is 2.20. The minimum atomic E-state index is -1.19. The van der Waals surface area contributed by atoms with E-state index in [2.05, 4.69) is 14.9 Å². The van der Waals surface area contributed by atoms with Crippen LogP contribution in [0.4, 0.5) is 0 Å². The van der Waals surface area contributed by atoms with Gasteiger partial charge >= 0.3 is 5.97 Å². The van der Waals surface area contributed by atoms with Crippen LogP contribution in [-0.4, -0.2) is 39.6 Å². The Hall–Kier alpha value is -1.40. The molecule has 0 radical (unpaired) electrons. The number of hydrogen-bond donors (Lipinski definition) is 3. The topological polar surface area (TPSA) is 95.4 Å². The Morgan fingerprint density at radius 2 is 2.33 bits per heavy atom. The minimum Gasteiger partial charge on any atom is -0.469 e. The summed E-state index contributed by atoms with van der Waals surface area (Å²) in [7, 11) is 1.23. The highest BCUT2D eigenvalue weighted by molar-refractivity contribution is 5.69. The number of carbonyl (C=O) groups is 1. The molecule has 0 spiro atoms. The van der Waals surface area contributed by atoms with Crippen LogP contribution in [0.5, 0.6) is 0 Å². The van der Waals surface area contributed by atoms with Gasteiger partial charge in [0, 0.05) is 11.3 Å². The monoisotopic (exact) mass is 214 g/mol. The number of aryl methyl sites for hydroxylation is 1. The maximum atomic E-state index is 10.9. The van der Waals surface area contributed by atoms with Crippen molar-refractivity contribution in [3.63, 3.8) is 0 Å². The van der Waals surface area contributed by atoms with Gasteiger partial charge in [0.1, 0.15) is 6.10 Å². The molecular weight excluding hydrogens is 200 g/mol. The van der Waals surface area contributed by atoms with Gasteiger partial charge < -0.3 is 14.9 Å². The molecule has 0 saturated heterocycles. The van der Waals surface area contributed by atoms with Crippen LogP contribution in [-0.2, 0) is 9.53 Å². The normalized spacial score (nSPS) is 14.7. The Labute approximate surface area is 86.9 Å². The van der Waals surface area contributed by atoms with Crippen LogP contribution in [0.15, 0.2) is 6.20 Å². The van der Waals surface area contributed by atoms with Crippen molar-refractivity contribution in [2.24, 2.45) is 0 Å². The Morgan fingerprint density at radius 3 is 2.80 bits per heavy atom. The number of carbonyl (C=O) groups excluding carboxylic acids is 1. The van der Waals surface area contributed by atoms with E-state index in [1.165, 1.54) is 13.3 Å². The molecule has 0 amide bonds. The van der Waals surface area contributed by atoms with Crippen LogP contribution in [0.1, 0.15) is 23.8 Å². The first kappa shape index (κ1) is 11.7. The molecular formula is C9H14N2O4. The molecule has 0 aromatic carbocycles. The molecule has 2 atom stereocenters. The number of esters is 1. The number of aromatic nitrogens is 2. The molecule has 0 aliphatic rings. The van der Waals surface area contributed by atoms with Gasteiger partial charge in [-0.15, -0.1) is 0 Å². The Morgan fingerprint density at radius 1 is 1.67 bits per heavy atom. The lowest BCUT2D eigenvalue weighted by Crippen LogP contribution is -2.22. The number of nitrogens with one attached hydrogen (secondary N) is 1. The van der Waals surface area contributed by atoms with Crippen LogP contribution >= 0.6 is 0 Å². The molecule has 84 valence electrons. The van der Waals surface area contributed by atoms with E-state index in [0.717, 1.165) is 0 Å². The second-order valence-electron chi connectivity index (χ2n) is 3.24. The van der Waals surface area contributed by atoms with Crippen LogP contribution in [0.3, 0.4) is 0 Å². The van der Waals surface area contributed by atoms with Crippen LogP contribution in [0, 0.1) is 6.92 Å². The van der Waals surface area contributed by atoms with E-state index in [4.69, 9.17) is 0 Å². The number of hydrogen-bond acceptors (Lipinski definition) is 5. The van der Waals surface area contributed by atoms with Gasteiger partial charge in [0.15, 0.2) is 0 Å². The number of nitrogens with zero attached hydrogens (tertiary/aromatic N) is 1. The molecule has 0 aliphatic carbocycles. The van der Waals surface area contributed by atoms with Gasteiger partial charge in [-0.3, -0.25) is 9.89 Å². The second-order valence-corrected chi connectivity index (χ2v) is 3.24. The molecule has 6 nitrogen and oxygen atoms in total. The third-order valence-electron chi connectivity index (χ3n) is 2.16. The van der Waals surface area contributed by atoms with Gasteiger partial charge in [-0.1, -0.05) is 0 Å². The van der Waals surface area contributed by atoms with Crippen molar-refractivity contribution in [2.45, 2.75) is 25.6 Å². The fourth-order valence-electron chi connectivity index (χ4n) is 1.23. The largest absolute Gasteiger partial charge is 0.469 e. The fourth-order valence-corrected chi connectivity index (χ4v) is 1.23. The highest BCUT2D eigenvalue weighted by Gasteiger charge is 2.23. The Kier molecular flexibility index (Phi) is 3.81. The molecule has 3 N–H and O–H groups in total. The number of H-pyrrole nitrogens is 1. The third kappa shape index (κ3) is 2.77. The van der Waals surface area contributed by atoms with Crippen molar-refractivity contribution in [3.05, 3.63) is 17.5 Å². The molecule has 6 heteroatoms. The quantitative estimate of drug-likeness (QED) is 0.597. The van der Waals surface area contributed by atoms with Crippen molar-refractivity contribution in [3.8, 4) is 0 Å². The molecule has 1 aromatic rings. The van der Waals surface area contributed by atoms with Gasteiger partial charge in [0.05, 0.1) is 25.8 Å². The maximum Gasteiger partial charge on any atom is 0.308 e. The predicted molar refractivity (Wildman–Crippen MR) is 50.9 cm³/mol. The first-order valence-electron chi connectivity index (χ1n) is 4.49. The SMILES string of the molecule is COC(=O)CC(O)C(O)c1cn[nH]c1C. The summed E-state index contributed by atoms with van der Waals surface area (Å²) in [4.78, 5) is 10.9. The number of aromatic amines is 1. The van der Waals surface area contributed by atoms with Gasteiger partial charge in [-0.05, 0) is 6.92 Å². The molecule has 0 saturated carbocycles. The van der Waals surface area contributed by atoms with Gasteiger partial charge in [0.2, 0.25) is 0 Å². The van der Waals surface area contributed by atoms with Crippen molar-refractivity contribution in [1.82, 2.24) is 10.2 Å². The van der Waals surface area contributed by atoms with E-state index < -0.39 is 18.2 Å². The van der Waals surface area contributed by atoms with E-state index in [1.807, 2.05) is 0 Å². The van der Waals surface area contributed by atoms with E-state index in [-0.39, 0.29) is 6.42 Å². The lowest BCUT2D eigenvalue weighted by atomic mass is 10.0. The summed E-state index contributed by atoms with van der Waals surface area (Å²) in [5.74, 6) is -0.567. The lowest BCUT2D eigenvalue weighted by Gasteiger charge is -2.15. The van der Waals surface area contributed by atoms with E-state index in [1.54, 1.807) is 6.92 Å². The van der Waals surface area contributed by atoms with Crippen LogP contribution in [0.25, 0.3) is 0 Å². The standard InChI is InChI=1S/C9H14N2O4/c1-5-6(4-10-11-5)9(14)7(12)3-8(13)15-2/h4,7,9,12,14H,3H2,1-2H3,(H,10,11). The third-order valence-corrected chi connectivity index (χ3v) is 2.16. The molecule has 1 aromatic heterocycles. The maximum absolute atomic E-state index is 10.9. The zero-order chi connectivity index (χ0) is 11.4. The lowest BCUT2D eigenvalue weighted by molar-refractivity contribution is -0.144. The van der Waals surface area contributed by atoms with Crippen LogP contribution in [0.2, 0.25) is 0 Å². The van der Waals surface area contributed by atoms with Crippen molar-refractivity contribution < 1.29 is 19.7 Å². The van der Waals surface area contributed by atoms with Crippen molar-refractivity contribution >= 4 is 5.97 Å². The molecule has 0 bridgehead atoms. The van der Waals surface area contributed by atoms with Gasteiger partial charge in [0.25, 0.3) is 0 Å². The van der Waals surface area contributed by atoms with E-state index in [0.29, 0.717) is 11.3 Å². The summed E-state index contributed by atoms with van der Waals surface area (Å²) in [6.07, 6.45) is -1.15. The average molecular weight is 214 g/mol. The Balaban J connectivity index is 2.64. The molecule has 2 unspecified atom stereocenters. The number of rotatable bonds is 4. The zero-order valence-electron chi connectivity index (χ0n) is 8.60. The second kappa shape index (κ2) is 4.90. The highest BCUT2D eigenvalue weighted by atomic mass is 16.5. The number of aliphatic hydroxyl groups is 2. The van der Waals surface area contributed by atoms with Crippen molar-refractivity contribution in [1.29, 1.82) is 0 Å². The summed E-state index contributed by atoms with van der Waals surface area (Å²) in [5.41, 5.74) is 1.14. The molecule has 0 fully saturated rings. The number of methoxy groups -OCH3 is 1. The summed E-state index contributed by atoms with van der Waals surface area (Å²) in [5, 5.41) is 25.6. The molecule has 0 aliphatic heterocycles. The fraction of sp³-hybridized carbons (Fsp3) is 0.556.